The molecule has 0 bridgehead atoms. The molecule has 0 saturated heterocycles. The quantitative estimate of drug-likeness (QED) is 0.591. The zero-order valence-electron chi connectivity index (χ0n) is 8.52. The molecule has 0 fully saturated rings. The average Bonchev–Trinajstić information content (AvgIpc) is 2.58. The summed E-state index contributed by atoms with van der Waals surface area (Å²) in [5.74, 6) is 0.435. The van der Waals surface area contributed by atoms with E-state index in [0.29, 0.717) is 17.3 Å². The number of nitrogens with one attached hydrogen (secondary N) is 2. The van der Waals surface area contributed by atoms with Crippen molar-refractivity contribution in [1.82, 2.24) is 19.6 Å². The summed E-state index contributed by atoms with van der Waals surface area (Å²) in [6, 6.07) is 1.55. The average molecular weight is 222 g/mol. The van der Waals surface area contributed by atoms with E-state index in [9.17, 15) is 9.59 Å². The SMILES string of the molecule is Cc1nc(NCC(N)=O)cc2n[nH]c(=O)n12. The Hall–Kier alpha value is -2.38. The number of anilines is 1. The van der Waals surface area contributed by atoms with Crippen molar-refractivity contribution in [2.75, 3.05) is 11.9 Å². The van der Waals surface area contributed by atoms with Gasteiger partial charge in [0.05, 0.1) is 6.54 Å². The van der Waals surface area contributed by atoms with Gasteiger partial charge in [-0.05, 0) is 6.92 Å². The number of aromatic nitrogens is 4. The molecule has 0 radical (unpaired) electrons. The van der Waals surface area contributed by atoms with Crippen LogP contribution in [0.1, 0.15) is 5.82 Å². The fourth-order valence-corrected chi connectivity index (χ4v) is 1.37. The van der Waals surface area contributed by atoms with Crippen LogP contribution in [0.15, 0.2) is 10.9 Å². The van der Waals surface area contributed by atoms with Crippen molar-refractivity contribution in [3.8, 4) is 0 Å². The Labute approximate surface area is 89.5 Å². The largest absolute Gasteiger partial charge is 0.368 e. The monoisotopic (exact) mass is 222 g/mol. The lowest BCUT2D eigenvalue weighted by atomic mass is 10.5. The van der Waals surface area contributed by atoms with Gasteiger partial charge in [-0.2, -0.15) is 5.10 Å². The molecule has 0 aromatic carbocycles. The second-order valence-electron chi connectivity index (χ2n) is 3.23. The molecule has 2 aromatic heterocycles. The van der Waals surface area contributed by atoms with Gasteiger partial charge in [0.2, 0.25) is 5.91 Å². The van der Waals surface area contributed by atoms with E-state index in [1.165, 1.54) is 4.40 Å². The fraction of sp³-hybridized carbons (Fsp3) is 0.250. The first-order chi connectivity index (χ1) is 7.58. The lowest BCUT2D eigenvalue weighted by Gasteiger charge is -2.04. The van der Waals surface area contributed by atoms with E-state index in [1.54, 1.807) is 13.0 Å². The Morgan fingerprint density at radius 3 is 3.12 bits per heavy atom. The van der Waals surface area contributed by atoms with E-state index in [4.69, 9.17) is 5.73 Å². The van der Waals surface area contributed by atoms with Crippen LogP contribution < -0.4 is 16.7 Å². The third-order valence-electron chi connectivity index (χ3n) is 2.01. The summed E-state index contributed by atoms with van der Waals surface area (Å²) in [7, 11) is 0. The number of fused-ring (bicyclic) bond motifs is 1. The van der Waals surface area contributed by atoms with E-state index < -0.39 is 5.91 Å². The smallest absolute Gasteiger partial charge is 0.349 e. The highest BCUT2D eigenvalue weighted by molar-refractivity contribution is 5.78. The molecule has 2 rings (SSSR count). The number of hydrogen-bond acceptors (Lipinski definition) is 5. The molecule has 0 unspecified atom stereocenters. The molecule has 2 heterocycles. The first kappa shape index (κ1) is 10.1. The first-order valence-corrected chi connectivity index (χ1v) is 4.55. The van der Waals surface area contributed by atoms with Crippen molar-refractivity contribution in [3.05, 3.63) is 22.4 Å². The predicted octanol–water partition coefficient (Wildman–Crippen LogP) is -1.38. The van der Waals surface area contributed by atoms with Crippen LogP contribution in [0.25, 0.3) is 5.65 Å². The minimum Gasteiger partial charge on any atom is -0.368 e. The molecule has 0 aliphatic carbocycles. The molecule has 0 spiro atoms. The van der Waals surface area contributed by atoms with Gasteiger partial charge >= 0.3 is 5.69 Å². The number of carbonyl (C=O) groups excluding carboxylic acids is 1. The lowest BCUT2D eigenvalue weighted by molar-refractivity contribution is -0.116. The number of aryl methyl sites for hydroxylation is 1. The van der Waals surface area contributed by atoms with Gasteiger partial charge in [0.15, 0.2) is 5.65 Å². The number of nitrogens with zero attached hydrogens (tertiary/aromatic N) is 3. The number of rotatable bonds is 3. The number of carbonyl (C=O) groups is 1. The van der Waals surface area contributed by atoms with Crippen molar-refractivity contribution in [1.29, 1.82) is 0 Å². The van der Waals surface area contributed by atoms with E-state index in [1.807, 2.05) is 0 Å². The highest BCUT2D eigenvalue weighted by atomic mass is 16.2. The van der Waals surface area contributed by atoms with Crippen molar-refractivity contribution in [2.45, 2.75) is 6.92 Å². The topological polar surface area (TPSA) is 118 Å². The van der Waals surface area contributed by atoms with Crippen molar-refractivity contribution in [3.63, 3.8) is 0 Å². The Balaban J connectivity index is 2.42. The maximum Gasteiger partial charge on any atom is 0.349 e. The minimum absolute atomic E-state index is 0.0166. The maximum absolute atomic E-state index is 11.3. The van der Waals surface area contributed by atoms with Crippen molar-refractivity contribution < 1.29 is 4.79 Å². The highest BCUT2D eigenvalue weighted by Gasteiger charge is 2.06. The molecular weight excluding hydrogens is 212 g/mol. The second-order valence-corrected chi connectivity index (χ2v) is 3.23. The molecule has 0 aliphatic rings. The third-order valence-corrected chi connectivity index (χ3v) is 2.01. The molecule has 84 valence electrons. The third kappa shape index (κ3) is 1.72. The first-order valence-electron chi connectivity index (χ1n) is 4.55. The van der Waals surface area contributed by atoms with E-state index in [2.05, 4.69) is 20.5 Å². The van der Waals surface area contributed by atoms with E-state index >= 15 is 0 Å². The molecular formula is C8H10N6O2. The van der Waals surface area contributed by atoms with E-state index in [-0.39, 0.29) is 12.2 Å². The van der Waals surface area contributed by atoms with Crippen LogP contribution in [0.4, 0.5) is 5.82 Å². The van der Waals surface area contributed by atoms with Crippen LogP contribution >= 0.6 is 0 Å². The number of H-pyrrole nitrogens is 1. The predicted molar refractivity (Wildman–Crippen MR) is 56.0 cm³/mol. The van der Waals surface area contributed by atoms with Crippen LogP contribution in [-0.4, -0.2) is 32.0 Å². The fourth-order valence-electron chi connectivity index (χ4n) is 1.37. The summed E-state index contributed by atoms with van der Waals surface area (Å²) in [5.41, 5.74) is 5.08. The lowest BCUT2D eigenvalue weighted by Crippen LogP contribution is -2.22. The van der Waals surface area contributed by atoms with Crippen LogP contribution in [-0.2, 0) is 4.79 Å². The van der Waals surface area contributed by atoms with Gasteiger partial charge in [-0.25, -0.2) is 19.3 Å². The minimum atomic E-state index is -0.487. The van der Waals surface area contributed by atoms with Crippen molar-refractivity contribution in [2.24, 2.45) is 5.73 Å². The highest BCUT2D eigenvalue weighted by Crippen LogP contribution is 2.06. The van der Waals surface area contributed by atoms with Gasteiger partial charge in [-0.1, -0.05) is 0 Å². The van der Waals surface area contributed by atoms with Crippen LogP contribution in [0.5, 0.6) is 0 Å². The molecule has 1 amide bonds. The van der Waals surface area contributed by atoms with Gasteiger partial charge in [0, 0.05) is 6.07 Å². The summed E-state index contributed by atoms with van der Waals surface area (Å²) in [4.78, 5) is 26.0. The van der Waals surface area contributed by atoms with Gasteiger partial charge in [0.1, 0.15) is 11.6 Å². The molecule has 4 N–H and O–H groups in total. The van der Waals surface area contributed by atoms with Crippen LogP contribution in [0.2, 0.25) is 0 Å². The number of nitrogens with two attached hydrogens (primary N) is 1. The standard InChI is InChI=1S/C8H10N6O2/c1-4-11-6(10-3-5(9)15)2-7-12-13-8(16)14(4)7/h2,10H,3H2,1H3,(H2,9,15)(H,13,16). The Morgan fingerprint density at radius 2 is 2.44 bits per heavy atom. The molecule has 0 atom stereocenters. The van der Waals surface area contributed by atoms with Crippen molar-refractivity contribution >= 4 is 17.4 Å². The zero-order valence-corrected chi connectivity index (χ0v) is 8.52. The summed E-state index contributed by atoms with van der Waals surface area (Å²) >= 11 is 0. The summed E-state index contributed by atoms with van der Waals surface area (Å²) < 4.78 is 1.33. The second kappa shape index (κ2) is 3.65. The summed E-state index contributed by atoms with van der Waals surface area (Å²) in [5, 5.41) is 8.84. The van der Waals surface area contributed by atoms with Crippen LogP contribution in [0.3, 0.4) is 0 Å². The zero-order chi connectivity index (χ0) is 11.7. The van der Waals surface area contributed by atoms with Gasteiger partial charge in [-0.15, -0.1) is 0 Å². The Kier molecular flexibility index (Phi) is 2.31. The molecule has 0 aliphatic heterocycles. The van der Waals surface area contributed by atoms with Crippen LogP contribution in [0, 0.1) is 6.92 Å². The van der Waals surface area contributed by atoms with Gasteiger partial charge in [-0.3, -0.25) is 4.79 Å². The number of amides is 1. The Morgan fingerprint density at radius 1 is 1.69 bits per heavy atom. The normalized spacial score (nSPS) is 10.6. The molecule has 8 heteroatoms. The molecule has 0 saturated carbocycles. The molecule has 2 aromatic rings. The molecule has 16 heavy (non-hydrogen) atoms. The summed E-state index contributed by atoms with van der Waals surface area (Å²) in [6.07, 6.45) is 0. The number of hydrogen-bond donors (Lipinski definition) is 3. The maximum atomic E-state index is 11.3. The number of primary amides is 1. The number of aromatic amines is 1. The van der Waals surface area contributed by atoms with Gasteiger partial charge in [0.25, 0.3) is 0 Å². The van der Waals surface area contributed by atoms with Gasteiger partial charge < -0.3 is 11.1 Å². The van der Waals surface area contributed by atoms with E-state index in [0.717, 1.165) is 0 Å². The molecule has 8 nitrogen and oxygen atoms in total. The Bertz CT molecular complexity index is 598. The summed E-state index contributed by atoms with van der Waals surface area (Å²) in [6.45, 7) is 1.65.